The van der Waals surface area contributed by atoms with E-state index in [-0.39, 0.29) is 5.78 Å². The molecule has 0 aliphatic carbocycles. The largest absolute Gasteiger partial charge is 0.494 e. The molecule has 0 aromatic heterocycles. The number of nitrogens with zero attached hydrogens (tertiary/aromatic N) is 1. The third-order valence-electron chi connectivity index (χ3n) is 4.45. The van der Waals surface area contributed by atoms with Crippen molar-refractivity contribution in [2.24, 2.45) is 0 Å². The van der Waals surface area contributed by atoms with Crippen LogP contribution in [-0.2, 0) is 4.74 Å². The Hall–Kier alpha value is -2.14. The SMILES string of the molecule is O=C(/C=C/c1ccccc1Cl)c1ccc(OCCCN2CCOCC2)cc1. The Morgan fingerprint density at radius 1 is 1.11 bits per heavy atom. The molecule has 1 aliphatic heterocycles. The Balaban J connectivity index is 1.45. The summed E-state index contributed by atoms with van der Waals surface area (Å²) in [4.78, 5) is 14.7. The van der Waals surface area contributed by atoms with Gasteiger partial charge in [-0.1, -0.05) is 29.8 Å². The molecule has 142 valence electrons. The summed E-state index contributed by atoms with van der Waals surface area (Å²) in [7, 11) is 0. The second-order valence-electron chi connectivity index (χ2n) is 6.40. The minimum atomic E-state index is -0.0613. The number of allylic oxidation sites excluding steroid dienone is 1. The Labute approximate surface area is 165 Å². The predicted octanol–water partition coefficient (Wildman–Crippen LogP) is 4.34. The molecule has 1 heterocycles. The molecule has 0 bridgehead atoms. The number of halogens is 1. The fourth-order valence-electron chi connectivity index (χ4n) is 2.89. The summed E-state index contributed by atoms with van der Waals surface area (Å²) in [5.74, 6) is 0.720. The first-order valence-corrected chi connectivity index (χ1v) is 9.60. The fraction of sp³-hybridized carbons (Fsp3) is 0.318. The Bertz CT molecular complexity index is 767. The highest BCUT2D eigenvalue weighted by molar-refractivity contribution is 6.32. The van der Waals surface area contributed by atoms with Crippen LogP contribution in [0.3, 0.4) is 0 Å². The highest BCUT2D eigenvalue weighted by Crippen LogP contribution is 2.18. The molecule has 0 spiro atoms. The third kappa shape index (κ3) is 6.21. The van der Waals surface area contributed by atoms with Crippen LogP contribution in [0.15, 0.2) is 54.6 Å². The van der Waals surface area contributed by atoms with Crippen molar-refractivity contribution in [1.82, 2.24) is 4.90 Å². The molecule has 0 radical (unpaired) electrons. The first kappa shape index (κ1) is 19.6. The van der Waals surface area contributed by atoms with E-state index in [1.807, 2.05) is 30.3 Å². The number of ether oxygens (including phenoxy) is 2. The lowest BCUT2D eigenvalue weighted by molar-refractivity contribution is 0.0358. The highest BCUT2D eigenvalue weighted by Gasteiger charge is 2.09. The standard InChI is InChI=1S/C22H24ClNO3/c23-21-5-2-1-4-18(21)8-11-22(25)19-6-9-20(10-7-19)27-15-3-12-24-13-16-26-17-14-24/h1-2,4-11H,3,12-17H2/b11-8+. The first-order valence-electron chi connectivity index (χ1n) is 9.22. The van der Waals surface area contributed by atoms with E-state index in [0.717, 1.165) is 50.6 Å². The lowest BCUT2D eigenvalue weighted by atomic mass is 10.1. The number of carbonyl (C=O) groups excluding carboxylic acids is 1. The van der Waals surface area contributed by atoms with Gasteiger partial charge in [-0.2, -0.15) is 0 Å². The van der Waals surface area contributed by atoms with Crippen LogP contribution in [0.4, 0.5) is 0 Å². The van der Waals surface area contributed by atoms with E-state index < -0.39 is 0 Å². The minimum Gasteiger partial charge on any atom is -0.494 e. The van der Waals surface area contributed by atoms with Gasteiger partial charge in [0.1, 0.15) is 5.75 Å². The molecule has 1 fully saturated rings. The zero-order valence-electron chi connectivity index (χ0n) is 15.3. The van der Waals surface area contributed by atoms with Crippen LogP contribution >= 0.6 is 11.6 Å². The fourth-order valence-corrected chi connectivity index (χ4v) is 3.09. The van der Waals surface area contributed by atoms with Crippen molar-refractivity contribution in [1.29, 1.82) is 0 Å². The molecular formula is C22H24ClNO3. The molecule has 1 saturated heterocycles. The number of morpholine rings is 1. The third-order valence-corrected chi connectivity index (χ3v) is 4.79. The van der Waals surface area contributed by atoms with Crippen molar-refractivity contribution in [2.45, 2.75) is 6.42 Å². The predicted molar refractivity (Wildman–Crippen MR) is 109 cm³/mol. The lowest BCUT2D eigenvalue weighted by Gasteiger charge is -2.26. The van der Waals surface area contributed by atoms with Gasteiger partial charge < -0.3 is 9.47 Å². The van der Waals surface area contributed by atoms with Crippen LogP contribution in [0.25, 0.3) is 6.08 Å². The number of benzene rings is 2. The van der Waals surface area contributed by atoms with Crippen molar-refractivity contribution in [3.05, 3.63) is 70.8 Å². The molecule has 0 amide bonds. The van der Waals surface area contributed by atoms with Crippen molar-refractivity contribution in [3.63, 3.8) is 0 Å². The van der Waals surface area contributed by atoms with Gasteiger partial charge in [-0.3, -0.25) is 9.69 Å². The van der Waals surface area contributed by atoms with Gasteiger partial charge in [0.05, 0.1) is 19.8 Å². The molecule has 3 rings (SSSR count). The van der Waals surface area contributed by atoms with Gasteiger partial charge in [0.15, 0.2) is 5.78 Å². The highest BCUT2D eigenvalue weighted by atomic mass is 35.5. The maximum atomic E-state index is 12.3. The summed E-state index contributed by atoms with van der Waals surface area (Å²) in [5, 5.41) is 0.627. The first-order chi connectivity index (χ1) is 13.2. The molecule has 0 atom stereocenters. The average molecular weight is 386 g/mol. The van der Waals surface area contributed by atoms with Gasteiger partial charge in [-0.15, -0.1) is 0 Å². The van der Waals surface area contributed by atoms with Gasteiger partial charge >= 0.3 is 0 Å². The van der Waals surface area contributed by atoms with Gasteiger partial charge in [0.2, 0.25) is 0 Å². The van der Waals surface area contributed by atoms with E-state index in [9.17, 15) is 4.79 Å². The summed E-state index contributed by atoms with van der Waals surface area (Å²) >= 11 is 6.10. The number of rotatable bonds is 8. The zero-order chi connectivity index (χ0) is 18.9. The second-order valence-corrected chi connectivity index (χ2v) is 6.81. The van der Waals surface area contributed by atoms with Gasteiger partial charge in [0, 0.05) is 30.2 Å². The molecule has 5 heteroatoms. The van der Waals surface area contributed by atoms with E-state index in [1.54, 1.807) is 30.4 Å². The Morgan fingerprint density at radius 3 is 2.59 bits per heavy atom. The van der Waals surface area contributed by atoms with Crippen molar-refractivity contribution < 1.29 is 14.3 Å². The summed E-state index contributed by atoms with van der Waals surface area (Å²) in [6.07, 6.45) is 4.25. The molecule has 1 aliphatic rings. The van der Waals surface area contributed by atoms with E-state index in [0.29, 0.717) is 17.2 Å². The maximum absolute atomic E-state index is 12.3. The summed E-state index contributed by atoms with van der Waals surface area (Å²) in [6.45, 7) is 5.32. The molecule has 0 saturated carbocycles. The van der Waals surface area contributed by atoms with Gasteiger partial charge in [0.25, 0.3) is 0 Å². The number of carbonyl (C=O) groups is 1. The molecule has 4 nitrogen and oxygen atoms in total. The van der Waals surface area contributed by atoms with Crippen molar-refractivity contribution in [3.8, 4) is 5.75 Å². The monoisotopic (exact) mass is 385 g/mol. The van der Waals surface area contributed by atoms with E-state index >= 15 is 0 Å². The zero-order valence-corrected chi connectivity index (χ0v) is 16.0. The number of hydrogen-bond acceptors (Lipinski definition) is 4. The topological polar surface area (TPSA) is 38.8 Å². The van der Waals surface area contributed by atoms with Crippen molar-refractivity contribution >= 4 is 23.5 Å². The van der Waals surface area contributed by atoms with Crippen LogP contribution in [0.2, 0.25) is 5.02 Å². The molecule has 2 aromatic carbocycles. The number of hydrogen-bond donors (Lipinski definition) is 0. The Morgan fingerprint density at radius 2 is 1.85 bits per heavy atom. The lowest BCUT2D eigenvalue weighted by Crippen LogP contribution is -2.37. The van der Waals surface area contributed by atoms with E-state index in [1.165, 1.54) is 0 Å². The maximum Gasteiger partial charge on any atom is 0.185 e. The van der Waals surface area contributed by atoms with Crippen LogP contribution in [-0.4, -0.2) is 50.1 Å². The van der Waals surface area contributed by atoms with Crippen LogP contribution in [0.1, 0.15) is 22.3 Å². The molecule has 0 N–H and O–H groups in total. The Kier molecular flexibility index (Phi) is 7.45. The summed E-state index contributed by atoms with van der Waals surface area (Å²) in [6, 6.07) is 14.7. The van der Waals surface area contributed by atoms with E-state index in [4.69, 9.17) is 21.1 Å². The second kappa shape index (κ2) is 10.3. The summed E-state index contributed by atoms with van der Waals surface area (Å²) < 4.78 is 11.1. The van der Waals surface area contributed by atoms with Crippen LogP contribution in [0, 0.1) is 0 Å². The van der Waals surface area contributed by atoms with E-state index in [2.05, 4.69) is 4.90 Å². The smallest absolute Gasteiger partial charge is 0.185 e. The van der Waals surface area contributed by atoms with Gasteiger partial charge in [-0.25, -0.2) is 0 Å². The van der Waals surface area contributed by atoms with Crippen molar-refractivity contribution in [2.75, 3.05) is 39.5 Å². The number of ketones is 1. The quantitative estimate of drug-likeness (QED) is 0.385. The summed E-state index contributed by atoms with van der Waals surface area (Å²) in [5.41, 5.74) is 1.45. The minimum absolute atomic E-state index is 0.0613. The average Bonchev–Trinajstić information content (AvgIpc) is 2.72. The molecular weight excluding hydrogens is 362 g/mol. The van der Waals surface area contributed by atoms with Crippen LogP contribution < -0.4 is 4.74 Å². The van der Waals surface area contributed by atoms with Gasteiger partial charge in [-0.05, 0) is 54.5 Å². The van der Waals surface area contributed by atoms with Crippen LogP contribution in [0.5, 0.6) is 5.75 Å². The molecule has 2 aromatic rings. The normalized spacial score (nSPS) is 15.1. The molecule has 27 heavy (non-hydrogen) atoms. The molecule has 0 unspecified atom stereocenters.